The number of ether oxygens (including phenoxy) is 1. The van der Waals surface area contributed by atoms with Crippen LogP contribution in [0.25, 0.3) is 0 Å². The molecule has 0 aromatic heterocycles. The molecule has 2 atom stereocenters. The number of rotatable bonds is 4. The van der Waals surface area contributed by atoms with Gasteiger partial charge in [-0.3, -0.25) is 9.69 Å². The zero-order valence-electron chi connectivity index (χ0n) is 16.1. The van der Waals surface area contributed by atoms with E-state index in [4.69, 9.17) is 16.3 Å². The molecular weight excluding hydrogens is 370 g/mol. The number of anilines is 1. The average molecular weight is 392 g/mol. The van der Waals surface area contributed by atoms with Gasteiger partial charge in [0.05, 0.1) is 0 Å². The highest BCUT2D eigenvalue weighted by Gasteiger charge is 2.51. The van der Waals surface area contributed by atoms with E-state index in [9.17, 15) is 4.79 Å². The smallest absolute Gasteiger partial charge is 0.271 e. The van der Waals surface area contributed by atoms with Crippen molar-refractivity contribution < 1.29 is 9.53 Å². The number of aryl methyl sites for hydroxylation is 3. The quantitative estimate of drug-likeness (QED) is 0.526. The lowest BCUT2D eigenvalue weighted by Gasteiger charge is -2.47. The van der Waals surface area contributed by atoms with Gasteiger partial charge in [-0.15, -0.1) is 0 Å². The Bertz CT molecular complexity index is 1050. The van der Waals surface area contributed by atoms with Gasteiger partial charge in [0.1, 0.15) is 11.8 Å². The Morgan fingerprint density at radius 3 is 2.29 bits per heavy atom. The molecule has 0 radical (unpaired) electrons. The second kappa shape index (κ2) is 7.33. The third-order valence-corrected chi connectivity index (χ3v) is 5.73. The number of carbonyl (C=O) groups is 1. The summed E-state index contributed by atoms with van der Waals surface area (Å²) >= 11 is 6.49. The Balaban J connectivity index is 1.75. The molecule has 4 rings (SSSR count). The number of hydrogen-bond donors (Lipinski definition) is 0. The van der Waals surface area contributed by atoms with Crippen LogP contribution in [0.3, 0.4) is 0 Å². The summed E-state index contributed by atoms with van der Waals surface area (Å²) in [5, 5.41) is 0.632. The topological polar surface area (TPSA) is 29.5 Å². The Morgan fingerprint density at radius 2 is 1.57 bits per heavy atom. The fraction of sp³-hybridized carbons (Fsp3) is 0.208. The van der Waals surface area contributed by atoms with Crippen molar-refractivity contribution in [2.75, 3.05) is 4.90 Å². The van der Waals surface area contributed by atoms with E-state index in [-0.39, 0.29) is 11.9 Å². The predicted octanol–water partition coefficient (Wildman–Crippen LogP) is 5.80. The first-order valence-corrected chi connectivity index (χ1v) is 9.72. The molecule has 0 spiro atoms. The number of β-lactam (4-membered cyclic amide) rings is 1. The van der Waals surface area contributed by atoms with Gasteiger partial charge in [-0.25, -0.2) is 0 Å². The molecule has 3 aromatic rings. The van der Waals surface area contributed by atoms with E-state index in [1.54, 1.807) is 4.90 Å². The SMILES string of the molecule is Cc1ccc(N2C(=O)[C@@H](Oc3ccccc3C)[C@H]2c2ccccc2Cl)cc1C. The second-order valence-electron chi connectivity index (χ2n) is 7.25. The van der Waals surface area contributed by atoms with Gasteiger partial charge in [0.25, 0.3) is 5.91 Å². The molecule has 0 saturated carbocycles. The van der Waals surface area contributed by atoms with Crippen LogP contribution in [-0.2, 0) is 4.79 Å². The van der Waals surface area contributed by atoms with Crippen LogP contribution in [0.15, 0.2) is 66.7 Å². The van der Waals surface area contributed by atoms with E-state index >= 15 is 0 Å². The standard InChI is InChI=1S/C24H22ClNO2/c1-15-12-13-18(14-17(15)3)26-22(19-9-5-6-10-20(19)25)23(24(26)27)28-21-11-7-4-8-16(21)2/h4-14,22-23H,1-3H3/t22-,23+/m1/s1. The largest absolute Gasteiger partial charge is 0.478 e. The highest BCUT2D eigenvalue weighted by Crippen LogP contribution is 2.44. The molecule has 0 N–H and O–H groups in total. The number of amides is 1. The van der Waals surface area contributed by atoms with Gasteiger partial charge >= 0.3 is 0 Å². The van der Waals surface area contributed by atoms with Crippen LogP contribution in [0, 0.1) is 20.8 Å². The van der Waals surface area contributed by atoms with Crippen LogP contribution in [0.4, 0.5) is 5.69 Å². The number of carbonyl (C=O) groups excluding carboxylic acids is 1. The van der Waals surface area contributed by atoms with Crippen LogP contribution in [0.5, 0.6) is 5.75 Å². The van der Waals surface area contributed by atoms with Crippen molar-refractivity contribution >= 4 is 23.2 Å². The lowest BCUT2D eigenvalue weighted by atomic mass is 9.89. The normalized spacial score (nSPS) is 18.7. The third kappa shape index (κ3) is 3.16. The molecule has 0 bridgehead atoms. The van der Waals surface area contributed by atoms with Crippen molar-refractivity contribution in [1.29, 1.82) is 0 Å². The number of nitrogens with zero attached hydrogens (tertiary/aromatic N) is 1. The van der Waals surface area contributed by atoms with Crippen LogP contribution < -0.4 is 9.64 Å². The summed E-state index contributed by atoms with van der Waals surface area (Å²) in [5.41, 5.74) is 5.09. The Kier molecular flexibility index (Phi) is 4.86. The van der Waals surface area contributed by atoms with E-state index in [1.165, 1.54) is 5.56 Å². The monoisotopic (exact) mass is 391 g/mol. The van der Waals surface area contributed by atoms with Gasteiger partial charge < -0.3 is 4.74 Å². The molecule has 0 unspecified atom stereocenters. The average Bonchev–Trinajstić information content (AvgIpc) is 2.68. The molecule has 1 saturated heterocycles. The van der Waals surface area contributed by atoms with Crippen LogP contribution in [0.2, 0.25) is 5.02 Å². The Morgan fingerprint density at radius 1 is 0.857 bits per heavy atom. The first-order chi connectivity index (χ1) is 13.5. The van der Waals surface area contributed by atoms with Crippen molar-refractivity contribution in [2.45, 2.75) is 32.9 Å². The zero-order chi connectivity index (χ0) is 19.8. The minimum Gasteiger partial charge on any atom is -0.478 e. The van der Waals surface area contributed by atoms with E-state index in [0.717, 1.165) is 28.1 Å². The molecule has 1 aliphatic heterocycles. The molecule has 1 aliphatic rings. The van der Waals surface area contributed by atoms with Gasteiger partial charge in [0, 0.05) is 10.7 Å². The summed E-state index contributed by atoms with van der Waals surface area (Å²) in [7, 11) is 0. The molecule has 3 aromatic carbocycles. The summed E-state index contributed by atoms with van der Waals surface area (Å²) in [6.45, 7) is 6.09. The third-order valence-electron chi connectivity index (χ3n) is 5.39. The van der Waals surface area contributed by atoms with Crippen molar-refractivity contribution in [1.82, 2.24) is 0 Å². The van der Waals surface area contributed by atoms with E-state index in [2.05, 4.69) is 13.8 Å². The molecule has 4 heteroatoms. The maximum Gasteiger partial charge on any atom is 0.271 e. The highest BCUT2D eigenvalue weighted by atomic mass is 35.5. The molecule has 1 heterocycles. The fourth-order valence-electron chi connectivity index (χ4n) is 3.58. The number of benzene rings is 3. The van der Waals surface area contributed by atoms with Gasteiger partial charge in [0.15, 0.2) is 0 Å². The minimum absolute atomic E-state index is 0.0589. The van der Waals surface area contributed by atoms with Gasteiger partial charge in [0.2, 0.25) is 6.10 Å². The number of halogens is 1. The van der Waals surface area contributed by atoms with E-state index < -0.39 is 6.10 Å². The van der Waals surface area contributed by atoms with Crippen molar-refractivity contribution in [3.8, 4) is 5.75 Å². The first-order valence-electron chi connectivity index (χ1n) is 9.34. The van der Waals surface area contributed by atoms with Gasteiger partial charge in [-0.2, -0.15) is 0 Å². The predicted molar refractivity (Wildman–Crippen MR) is 113 cm³/mol. The fourth-order valence-corrected chi connectivity index (χ4v) is 3.83. The Hall–Kier alpha value is -2.78. The maximum absolute atomic E-state index is 13.1. The molecule has 3 nitrogen and oxygen atoms in total. The Labute approximate surface area is 170 Å². The molecule has 1 fully saturated rings. The van der Waals surface area contributed by atoms with Crippen LogP contribution >= 0.6 is 11.6 Å². The summed E-state index contributed by atoms with van der Waals surface area (Å²) in [4.78, 5) is 14.9. The van der Waals surface area contributed by atoms with Gasteiger partial charge in [-0.05, 0) is 67.3 Å². The molecule has 142 valence electrons. The van der Waals surface area contributed by atoms with Crippen LogP contribution in [0.1, 0.15) is 28.3 Å². The summed E-state index contributed by atoms with van der Waals surface area (Å²) in [6.07, 6.45) is -0.609. The lowest BCUT2D eigenvalue weighted by Crippen LogP contribution is -2.61. The molecule has 1 amide bonds. The van der Waals surface area contributed by atoms with E-state index in [0.29, 0.717) is 5.02 Å². The lowest BCUT2D eigenvalue weighted by molar-refractivity contribution is -0.135. The summed E-state index contributed by atoms with van der Waals surface area (Å²) < 4.78 is 6.17. The zero-order valence-corrected chi connectivity index (χ0v) is 16.9. The number of hydrogen-bond acceptors (Lipinski definition) is 2. The minimum atomic E-state index is -0.609. The van der Waals surface area contributed by atoms with Crippen LogP contribution in [-0.4, -0.2) is 12.0 Å². The maximum atomic E-state index is 13.1. The number of para-hydroxylation sites is 1. The first kappa shape index (κ1) is 18.6. The van der Waals surface area contributed by atoms with Crippen molar-refractivity contribution in [2.24, 2.45) is 0 Å². The van der Waals surface area contributed by atoms with Crippen molar-refractivity contribution in [3.63, 3.8) is 0 Å². The molecule has 0 aliphatic carbocycles. The molecule has 28 heavy (non-hydrogen) atoms. The summed E-state index contributed by atoms with van der Waals surface area (Å²) in [6, 6.07) is 21.2. The van der Waals surface area contributed by atoms with Crippen molar-refractivity contribution in [3.05, 3.63) is 94.0 Å². The second-order valence-corrected chi connectivity index (χ2v) is 7.65. The highest BCUT2D eigenvalue weighted by molar-refractivity contribution is 6.31. The van der Waals surface area contributed by atoms with E-state index in [1.807, 2.05) is 73.7 Å². The molecular formula is C24H22ClNO2. The van der Waals surface area contributed by atoms with Gasteiger partial charge in [-0.1, -0.05) is 54.1 Å². The summed E-state index contributed by atoms with van der Waals surface area (Å²) in [5.74, 6) is 0.661.